The summed E-state index contributed by atoms with van der Waals surface area (Å²) in [5.41, 5.74) is 0.982. The van der Waals surface area contributed by atoms with Crippen LogP contribution in [-0.4, -0.2) is 36.1 Å². The van der Waals surface area contributed by atoms with Crippen molar-refractivity contribution in [3.8, 4) is 12.3 Å². The average Bonchev–Trinajstić information content (AvgIpc) is 3.34. The predicted octanol–water partition coefficient (Wildman–Crippen LogP) is 3.23. The molecule has 5 nitrogen and oxygen atoms in total. The van der Waals surface area contributed by atoms with Crippen molar-refractivity contribution in [3.05, 3.63) is 35.9 Å². The van der Waals surface area contributed by atoms with Gasteiger partial charge in [0, 0.05) is 51.9 Å². The molecule has 2 atom stereocenters. The first-order valence-electron chi connectivity index (χ1n) is 9.51. The van der Waals surface area contributed by atoms with Crippen LogP contribution in [0.4, 0.5) is 0 Å². The monoisotopic (exact) mass is 352 g/mol. The third-order valence-electron chi connectivity index (χ3n) is 5.46. The minimum atomic E-state index is -0.364. The van der Waals surface area contributed by atoms with Gasteiger partial charge in [-0.2, -0.15) is 10.2 Å². The molecule has 26 heavy (non-hydrogen) atoms. The third-order valence-corrected chi connectivity index (χ3v) is 5.46. The Morgan fingerprint density at radius 3 is 2.77 bits per heavy atom. The van der Waals surface area contributed by atoms with Gasteiger partial charge in [-0.1, -0.05) is 37.3 Å². The number of amides is 1. The Labute approximate surface area is 156 Å². The largest absolute Gasteiger partial charge is 0.356 e. The Hall–Kier alpha value is -2.19. The van der Waals surface area contributed by atoms with Gasteiger partial charge in [-0.25, -0.2) is 0 Å². The standard InChI is InChI=1S/C21H28N4O/c1-3-4-11-21(23-24-21)12-10-20(26)22-13-19-16-25(14-17(19)2)15-18-8-6-5-7-9-18/h1,5-9,17,19H,4,10-16H2,2H3,(H,22,26). The lowest BCUT2D eigenvalue weighted by molar-refractivity contribution is -0.121. The second kappa shape index (κ2) is 8.46. The van der Waals surface area contributed by atoms with Crippen molar-refractivity contribution < 1.29 is 4.79 Å². The molecule has 0 bridgehead atoms. The first-order valence-corrected chi connectivity index (χ1v) is 9.51. The minimum Gasteiger partial charge on any atom is -0.356 e. The van der Waals surface area contributed by atoms with Crippen LogP contribution in [0.25, 0.3) is 0 Å². The van der Waals surface area contributed by atoms with Crippen LogP contribution in [0, 0.1) is 24.2 Å². The summed E-state index contributed by atoms with van der Waals surface area (Å²) in [7, 11) is 0. The molecule has 0 spiro atoms. The SMILES string of the molecule is C#CCCC1(CCC(=O)NCC2CN(Cc3ccccc3)CC2C)N=N1. The van der Waals surface area contributed by atoms with Crippen molar-refractivity contribution in [2.75, 3.05) is 19.6 Å². The lowest BCUT2D eigenvalue weighted by Gasteiger charge is -2.17. The fourth-order valence-electron chi connectivity index (χ4n) is 3.69. The second-order valence-electron chi connectivity index (χ2n) is 7.61. The summed E-state index contributed by atoms with van der Waals surface area (Å²) in [6.07, 6.45) is 7.84. The van der Waals surface area contributed by atoms with Crippen molar-refractivity contribution in [2.24, 2.45) is 22.1 Å². The third kappa shape index (κ3) is 5.15. The van der Waals surface area contributed by atoms with Crippen LogP contribution in [0.2, 0.25) is 0 Å². The summed E-state index contributed by atoms with van der Waals surface area (Å²) in [5.74, 6) is 3.81. The molecule has 0 radical (unpaired) electrons. The number of carbonyl (C=O) groups excluding carboxylic acids is 1. The van der Waals surface area contributed by atoms with Gasteiger partial charge in [0.1, 0.15) is 0 Å². The van der Waals surface area contributed by atoms with Crippen LogP contribution in [-0.2, 0) is 11.3 Å². The van der Waals surface area contributed by atoms with Crippen LogP contribution in [0.15, 0.2) is 40.6 Å². The molecule has 1 saturated heterocycles. The number of hydrogen-bond acceptors (Lipinski definition) is 4. The summed E-state index contributed by atoms with van der Waals surface area (Å²) in [4.78, 5) is 14.7. The van der Waals surface area contributed by atoms with E-state index < -0.39 is 0 Å². The summed E-state index contributed by atoms with van der Waals surface area (Å²) < 4.78 is 0. The molecule has 0 saturated carbocycles. The molecule has 138 valence electrons. The Bertz CT molecular complexity index is 673. The van der Waals surface area contributed by atoms with E-state index in [4.69, 9.17) is 6.42 Å². The lowest BCUT2D eigenvalue weighted by Crippen LogP contribution is -2.33. The minimum absolute atomic E-state index is 0.0936. The Kier molecular flexibility index (Phi) is 6.05. The van der Waals surface area contributed by atoms with E-state index >= 15 is 0 Å². The van der Waals surface area contributed by atoms with Gasteiger partial charge in [-0.3, -0.25) is 9.69 Å². The van der Waals surface area contributed by atoms with Crippen LogP contribution in [0.1, 0.15) is 38.2 Å². The molecule has 0 aromatic heterocycles. The van der Waals surface area contributed by atoms with E-state index in [1.807, 2.05) is 6.07 Å². The van der Waals surface area contributed by atoms with Gasteiger partial charge in [0.15, 0.2) is 5.66 Å². The van der Waals surface area contributed by atoms with E-state index in [1.165, 1.54) is 5.56 Å². The molecular weight excluding hydrogens is 324 g/mol. The van der Waals surface area contributed by atoms with E-state index in [1.54, 1.807) is 0 Å². The zero-order valence-corrected chi connectivity index (χ0v) is 15.5. The van der Waals surface area contributed by atoms with Gasteiger partial charge in [0.25, 0.3) is 0 Å². The van der Waals surface area contributed by atoms with Gasteiger partial charge in [0.2, 0.25) is 5.91 Å². The number of benzene rings is 1. The molecule has 5 heteroatoms. The zero-order valence-electron chi connectivity index (χ0n) is 15.5. The summed E-state index contributed by atoms with van der Waals surface area (Å²) in [6.45, 7) is 6.13. The predicted molar refractivity (Wildman–Crippen MR) is 102 cm³/mol. The smallest absolute Gasteiger partial charge is 0.220 e. The van der Waals surface area contributed by atoms with E-state index in [0.29, 0.717) is 31.1 Å². The van der Waals surface area contributed by atoms with Crippen LogP contribution in [0.3, 0.4) is 0 Å². The Morgan fingerprint density at radius 2 is 2.08 bits per heavy atom. The maximum absolute atomic E-state index is 12.2. The van der Waals surface area contributed by atoms with Gasteiger partial charge >= 0.3 is 0 Å². The number of nitrogens with zero attached hydrogens (tertiary/aromatic N) is 3. The van der Waals surface area contributed by atoms with Crippen LogP contribution >= 0.6 is 0 Å². The molecule has 3 rings (SSSR count). The maximum atomic E-state index is 12.2. The van der Waals surface area contributed by atoms with Crippen molar-refractivity contribution in [2.45, 2.75) is 44.8 Å². The lowest BCUT2D eigenvalue weighted by atomic mass is 9.98. The van der Waals surface area contributed by atoms with Crippen molar-refractivity contribution in [1.82, 2.24) is 10.2 Å². The van der Waals surface area contributed by atoms with Gasteiger partial charge in [-0.15, -0.1) is 12.3 Å². The highest BCUT2D eigenvalue weighted by Gasteiger charge is 2.39. The molecular formula is C21H28N4O. The van der Waals surface area contributed by atoms with E-state index in [-0.39, 0.29) is 11.6 Å². The molecule has 2 unspecified atom stereocenters. The first kappa shape index (κ1) is 18.6. The average molecular weight is 352 g/mol. The number of nitrogens with one attached hydrogen (secondary N) is 1. The molecule has 2 heterocycles. The van der Waals surface area contributed by atoms with Crippen molar-refractivity contribution in [3.63, 3.8) is 0 Å². The number of rotatable bonds is 9. The molecule has 0 aliphatic carbocycles. The number of hydrogen-bond donors (Lipinski definition) is 1. The number of likely N-dealkylation sites (tertiary alicyclic amines) is 1. The van der Waals surface area contributed by atoms with Crippen molar-refractivity contribution >= 4 is 5.91 Å². The quantitative estimate of drug-likeness (QED) is 0.694. The van der Waals surface area contributed by atoms with E-state index in [2.05, 4.69) is 57.6 Å². The van der Waals surface area contributed by atoms with Crippen LogP contribution in [0.5, 0.6) is 0 Å². The molecule has 1 aromatic rings. The topological polar surface area (TPSA) is 57.1 Å². The summed E-state index contributed by atoms with van der Waals surface area (Å²) in [6, 6.07) is 10.6. The van der Waals surface area contributed by atoms with E-state index in [0.717, 1.165) is 32.6 Å². The molecule has 2 aliphatic rings. The number of carbonyl (C=O) groups is 1. The number of terminal acetylenes is 1. The highest BCUT2D eigenvalue weighted by molar-refractivity contribution is 5.76. The van der Waals surface area contributed by atoms with Crippen LogP contribution < -0.4 is 5.32 Å². The van der Waals surface area contributed by atoms with Gasteiger partial charge < -0.3 is 5.32 Å². The van der Waals surface area contributed by atoms with Gasteiger partial charge in [0.05, 0.1) is 0 Å². The normalized spacial score (nSPS) is 23.5. The Morgan fingerprint density at radius 1 is 1.31 bits per heavy atom. The fourth-order valence-corrected chi connectivity index (χ4v) is 3.69. The fraction of sp³-hybridized carbons (Fsp3) is 0.571. The molecule has 1 amide bonds. The molecule has 1 aromatic carbocycles. The van der Waals surface area contributed by atoms with Crippen molar-refractivity contribution in [1.29, 1.82) is 0 Å². The second-order valence-corrected chi connectivity index (χ2v) is 7.61. The molecule has 1 N–H and O–H groups in total. The summed E-state index contributed by atoms with van der Waals surface area (Å²) >= 11 is 0. The zero-order chi connectivity index (χ0) is 18.4. The highest BCUT2D eigenvalue weighted by Crippen LogP contribution is 2.37. The Balaban J connectivity index is 1.36. The summed E-state index contributed by atoms with van der Waals surface area (Å²) in [5, 5.41) is 11.3. The van der Waals surface area contributed by atoms with E-state index in [9.17, 15) is 4.79 Å². The maximum Gasteiger partial charge on any atom is 0.220 e. The molecule has 2 aliphatic heterocycles. The van der Waals surface area contributed by atoms with Gasteiger partial charge in [-0.05, 0) is 17.4 Å². The highest BCUT2D eigenvalue weighted by atomic mass is 16.1. The molecule has 1 fully saturated rings. The first-order chi connectivity index (χ1) is 12.6.